The summed E-state index contributed by atoms with van der Waals surface area (Å²) in [7, 11) is 2.14. The van der Waals surface area contributed by atoms with Gasteiger partial charge in [0.1, 0.15) is 11.5 Å². The lowest BCUT2D eigenvalue weighted by Crippen LogP contribution is -2.66. The van der Waals surface area contributed by atoms with Crippen molar-refractivity contribution in [3.8, 4) is 11.3 Å². The molecule has 0 spiro atoms. The van der Waals surface area contributed by atoms with Gasteiger partial charge in [-0.25, -0.2) is 0 Å². The van der Waals surface area contributed by atoms with E-state index >= 15 is 0 Å². The van der Waals surface area contributed by atoms with Gasteiger partial charge >= 0.3 is 0 Å². The van der Waals surface area contributed by atoms with Crippen molar-refractivity contribution in [3.05, 3.63) is 48.2 Å². The summed E-state index contributed by atoms with van der Waals surface area (Å²) in [6, 6.07) is 14.5. The van der Waals surface area contributed by atoms with E-state index < -0.39 is 5.54 Å². The molecule has 1 N–H and O–H groups in total. The molecule has 1 amide bonds. The van der Waals surface area contributed by atoms with Gasteiger partial charge in [0.25, 0.3) is 0 Å². The second kappa shape index (κ2) is 7.49. The van der Waals surface area contributed by atoms with Crippen LogP contribution >= 0.6 is 0 Å². The molecule has 0 radical (unpaired) electrons. The Morgan fingerprint density at radius 2 is 1.89 bits per heavy atom. The van der Waals surface area contributed by atoms with Crippen LogP contribution in [-0.4, -0.2) is 54.0 Å². The van der Waals surface area contributed by atoms with E-state index in [4.69, 9.17) is 4.42 Å². The largest absolute Gasteiger partial charge is 0.460 e. The zero-order valence-corrected chi connectivity index (χ0v) is 16.3. The molecule has 1 aromatic heterocycles. The Balaban J connectivity index is 1.37. The van der Waals surface area contributed by atoms with Gasteiger partial charge < -0.3 is 14.6 Å². The molecule has 2 aliphatic rings. The minimum atomic E-state index is -0.428. The summed E-state index contributed by atoms with van der Waals surface area (Å²) in [6.45, 7) is 5.77. The minimum Gasteiger partial charge on any atom is -0.460 e. The predicted octanol–water partition coefficient (Wildman–Crippen LogP) is 3.12. The molecule has 2 aliphatic heterocycles. The summed E-state index contributed by atoms with van der Waals surface area (Å²) in [5.74, 6) is 1.95. The molecule has 4 rings (SSSR count). The Morgan fingerprint density at radius 3 is 2.56 bits per heavy atom. The number of hydrogen-bond acceptors (Lipinski definition) is 4. The maximum Gasteiger partial charge on any atom is 0.240 e. The van der Waals surface area contributed by atoms with Crippen molar-refractivity contribution in [2.24, 2.45) is 0 Å². The molecule has 0 saturated carbocycles. The van der Waals surface area contributed by atoms with Gasteiger partial charge in [-0.2, -0.15) is 0 Å². The van der Waals surface area contributed by atoms with E-state index in [-0.39, 0.29) is 5.91 Å². The molecule has 2 fully saturated rings. The molecule has 2 saturated heterocycles. The summed E-state index contributed by atoms with van der Waals surface area (Å²) in [5.41, 5.74) is 0.651. The van der Waals surface area contributed by atoms with E-state index in [9.17, 15) is 4.79 Å². The highest BCUT2D eigenvalue weighted by Crippen LogP contribution is 2.33. The highest BCUT2D eigenvalue weighted by molar-refractivity contribution is 5.87. The number of benzene rings is 1. The first kappa shape index (κ1) is 18.3. The smallest absolute Gasteiger partial charge is 0.240 e. The van der Waals surface area contributed by atoms with Gasteiger partial charge in [-0.1, -0.05) is 30.3 Å². The second-order valence-electron chi connectivity index (χ2n) is 8.13. The van der Waals surface area contributed by atoms with Crippen molar-refractivity contribution in [1.82, 2.24) is 15.1 Å². The third-order valence-electron chi connectivity index (χ3n) is 6.18. The first-order valence-corrected chi connectivity index (χ1v) is 9.93. The lowest BCUT2D eigenvalue weighted by molar-refractivity contribution is -0.143. The zero-order valence-electron chi connectivity index (χ0n) is 16.3. The van der Waals surface area contributed by atoms with Gasteiger partial charge in [0, 0.05) is 18.2 Å². The Hall–Kier alpha value is -2.11. The number of piperidine rings is 1. The average Bonchev–Trinajstić information content (AvgIpc) is 3.16. The maximum absolute atomic E-state index is 12.9. The quantitative estimate of drug-likeness (QED) is 0.882. The van der Waals surface area contributed by atoms with Crippen LogP contribution in [0, 0.1) is 0 Å². The summed E-state index contributed by atoms with van der Waals surface area (Å²) in [4.78, 5) is 17.5. The molecule has 1 aromatic carbocycles. The highest BCUT2D eigenvalue weighted by Gasteiger charge is 2.47. The van der Waals surface area contributed by atoms with Gasteiger partial charge in [0.15, 0.2) is 0 Å². The normalized spacial score (nSPS) is 24.5. The van der Waals surface area contributed by atoms with Gasteiger partial charge in [-0.15, -0.1) is 0 Å². The predicted molar refractivity (Wildman–Crippen MR) is 106 cm³/mol. The number of nitrogens with zero attached hydrogens (tertiary/aromatic N) is 2. The van der Waals surface area contributed by atoms with Crippen molar-refractivity contribution in [1.29, 1.82) is 0 Å². The van der Waals surface area contributed by atoms with Crippen LogP contribution in [0.4, 0.5) is 0 Å². The Morgan fingerprint density at radius 1 is 1.15 bits per heavy atom. The number of nitrogens with one attached hydrogen (secondary N) is 1. The fourth-order valence-electron chi connectivity index (χ4n) is 4.02. The number of amides is 1. The third-order valence-corrected chi connectivity index (χ3v) is 6.18. The molecule has 144 valence electrons. The van der Waals surface area contributed by atoms with Crippen LogP contribution < -0.4 is 5.32 Å². The molecule has 1 unspecified atom stereocenters. The fraction of sp³-hybridized carbons (Fsp3) is 0.500. The number of furan rings is 1. The first-order valence-electron chi connectivity index (χ1n) is 9.93. The summed E-state index contributed by atoms with van der Waals surface area (Å²) < 4.78 is 6.03. The van der Waals surface area contributed by atoms with Crippen LogP contribution in [0.2, 0.25) is 0 Å². The number of hydrogen-bond donors (Lipinski definition) is 1. The van der Waals surface area contributed by atoms with Crippen molar-refractivity contribution in [2.45, 2.75) is 44.3 Å². The van der Waals surface area contributed by atoms with E-state index in [0.29, 0.717) is 12.6 Å². The topological polar surface area (TPSA) is 48.7 Å². The highest BCUT2D eigenvalue weighted by atomic mass is 16.3. The maximum atomic E-state index is 12.9. The van der Waals surface area contributed by atoms with Crippen LogP contribution in [0.15, 0.2) is 46.9 Å². The van der Waals surface area contributed by atoms with Gasteiger partial charge in [-0.05, 0) is 58.5 Å². The Bertz CT molecular complexity index is 780. The Labute approximate surface area is 161 Å². The lowest BCUT2D eigenvalue weighted by Gasteiger charge is -2.49. The molecule has 1 atom stereocenters. The monoisotopic (exact) mass is 367 g/mol. The standard InChI is InChI=1S/C22H29N3O2/c1-22(21(26)23-18-10-13-24(2)14-11-18)12-15-25(22)16-19-8-9-20(27-19)17-6-4-3-5-7-17/h3-9,18H,10-16H2,1-2H3,(H,23,26). The van der Waals surface area contributed by atoms with E-state index in [1.807, 2.05) is 42.5 Å². The first-order chi connectivity index (χ1) is 13.0. The molecule has 0 aliphatic carbocycles. The van der Waals surface area contributed by atoms with Crippen molar-refractivity contribution in [2.75, 3.05) is 26.7 Å². The van der Waals surface area contributed by atoms with Crippen molar-refractivity contribution in [3.63, 3.8) is 0 Å². The van der Waals surface area contributed by atoms with Crippen LogP contribution in [0.25, 0.3) is 11.3 Å². The Kier molecular flexibility index (Phi) is 5.06. The van der Waals surface area contributed by atoms with Gasteiger partial charge in [0.05, 0.1) is 12.1 Å². The molecule has 3 heterocycles. The number of carbonyl (C=O) groups excluding carboxylic acids is 1. The number of carbonyl (C=O) groups is 1. The molecular weight excluding hydrogens is 338 g/mol. The van der Waals surface area contributed by atoms with Crippen LogP contribution in [0.5, 0.6) is 0 Å². The molecule has 2 aromatic rings. The van der Waals surface area contributed by atoms with Gasteiger partial charge in [0.2, 0.25) is 5.91 Å². The molecule has 0 bridgehead atoms. The van der Waals surface area contributed by atoms with Gasteiger partial charge in [-0.3, -0.25) is 9.69 Å². The van der Waals surface area contributed by atoms with Crippen LogP contribution in [0.1, 0.15) is 31.9 Å². The summed E-state index contributed by atoms with van der Waals surface area (Å²) in [6.07, 6.45) is 2.98. The van der Waals surface area contributed by atoms with E-state index in [1.165, 1.54) is 0 Å². The van der Waals surface area contributed by atoms with E-state index in [1.54, 1.807) is 0 Å². The summed E-state index contributed by atoms with van der Waals surface area (Å²) in [5, 5.41) is 3.29. The number of rotatable bonds is 5. The van der Waals surface area contributed by atoms with E-state index in [2.05, 4.69) is 29.1 Å². The van der Waals surface area contributed by atoms with E-state index in [0.717, 1.165) is 56.0 Å². The lowest BCUT2D eigenvalue weighted by atomic mass is 9.85. The number of likely N-dealkylation sites (tertiary alicyclic amines) is 2. The molecule has 5 heteroatoms. The average molecular weight is 367 g/mol. The second-order valence-corrected chi connectivity index (χ2v) is 8.13. The molecule has 27 heavy (non-hydrogen) atoms. The van der Waals surface area contributed by atoms with Crippen molar-refractivity contribution < 1.29 is 9.21 Å². The molecule has 5 nitrogen and oxygen atoms in total. The third kappa shape index (κ3) is 3.80. The SMILES string of the molecule is CN1CCC(NC(=O)C2(C)CCN2Cc2ccc(-c3ccccc3)o2)CC1. The van der Waals surface area contributed by atoms with Crippen LogP contribution in [-0.2, 0) is 11.3 Å². The van der Waals surface area contributed by atoms with Crippen LogP contribution in [0.3, 0.4) is 0 Å². The van der Waals surface area contributed by atoms with Crippen molar-refractivity contribution >= 4 is 5.91 Å². The summed E-state index contributed by atoms with van der Waals surface area (Å²) >= 11 is 0. The minimum absolute atomic E-state index is 0.165. The molecular formula is C22H29N3O2. The fourth-order valence-corrected chi connectivity index (χ4v) is 4.02. The zero-order chi connectivity index (χ0) is 18.9.